The molecule has 6 heterocycles. The van der Waals surface area contributed by atoms with Crippen molar-refractivity contribution in [2.45, 2.75) is 0 Å². The molecule has 0 saturated carbocycles. The monoisotopic (exact) mass is 1260 g/mol. The Hall–Kier alpha value is -7.38. The number of benzene rings is 6. The van der Waals surface area contributed by atoms with Gasteiger partial charge in [0.15, 0.2) is 0 Å². The van der Waals surface area contributed by atoms with Crippen LogP contribution in [0.4, 0.5) is 17.6 Å². The van der Waals surface area contributed by atoms with Gasteiger partial charge in [0.1, 0.15) is 0 Å². The number of para-hydroxylation sites is 2. The van der Waals surface area contributed by atoms with Crippen molar-refractivity contribution in [1.82, 2.24) is 29.9 Å². The Bertz CT molecular complexity index is 3300. The van der Waals surface area contributed by atoms with Crippen LogP contribution in [0.1, 0.15) is 0 Å². The van der Waals surface area contributed by atoms with E-state index in [-0.39, 0.29) is 53.3 Å². The number of nitrogens with zero attached hydrogens (tertiary/aromatic N) is 6. The summed E-state index contributed by atoms with van der Waals surface area (Å²) in [7, 11) is 0. The Morgan fingerprint density at radius 2 is 0.750 bits per heavy atom. The number of pyridine rings is 4. The largest absolute Gasteiger partial charge is 2.00 e. The fraction of sp³-hybridized carbons (Fsp3) is 0. The van der Waals surface area contributed by atoms with Gasteiger partial charge in [-0.2, -0.15) is 0 Å². The van der Waals surface area contributed by atoms with E-state index in [1.807, 2.05) is 72.8 Å². The summed E-state index contributed by atoms with van der Waals surface area (Å²) in [6.45, 7) is 0. The number of hydrogen-bond donors (Lipinski definition) is 0. The topological polar surface area (TPSA) is 79.8 Å². The van der Waals surface area contributed by atoms with Crippen molar-refractivity contribution in [2.24, 2.45) is 0 Å². The first-order chi connectivity index (χ1) is 32.4. The molecule has 6 nitrogen and oxygen atoms in total. The summed E-state index contributed by atoms with van der Waals surface area (Å²) >= 11 is 0. The fourth-order valence-corrected chi connectivity index (χ4v) is 7.16. The molecule has 0 spiro atoms. The Balaban J connectivity index is 0.000000134. The first-order valence-electron chi connectivity index (χ1n) is 20.7. The third-order valence-corrected chi connectivity index (χ3v) is 10.3. The smallest absolute Gasteiger partial charge is 0.435 e. The van der Waals surface area contributed by atoms with Gasteiger partial charge in [-0.1, -0.05) is 192 Å². The SMILES string of the molecule is Fc1c[c-]c(-c2ccccn2)c(F)c1.Fc1c[c-]c(-c2ccccn2)c(F)c1.[Pt+2].[Pt+2].c1ccc(-c2ccc3c(n2)[n-]c2ccccc23)cc1.c1ccc(-c2ccc3c(n2)[n-]c2ccccc23)cc1. The molecular weight excluding hydrogens is 1220 g/mol. The molecule has 0 fully saturated rings. The summed E-state index contributed by atoms with van der Waals surface area (Å²) in [5.74, 6) is -2.57. The zero-order valence-electron chi connectivity index (χ0n) is 35.5. The fourth-order valence-electron chi connectivity index (χ4n) is 7.16. The van der Waals surface area contributed by atoms with Crippen molar-refractivity contribution in [2.75, 3.05) is 0 Å². The van der Waals surface area contributed by atoms with Crippen LogP contribution in [0, 0.1) is 35.4 Å². The van der Waals surface area contributed by atoms with Gasteiger partial charge in [0.25, 0.3) is 0 Å². The summed E-state index contributed by atoms with van der Waals surface area (Å²) in [5, 5.41) is 4.58. The van der Waals surface area contributed by atoms with Crippen LogP contribution in [-0.2, 0) is 42.1 Å². The summed E-state index contributed by atoms with van der Waals surface area (Å²) in [4.78, 5) is 26.4. The van der Waals surface area contributed by atoms with Crippen molar-refractivity contribution in [3.63, 3.8) is 0 Å². The number of hydrogen-bond acceptors (Lipinski definition) is 4. The third-order valence-electron chi connectivity index (χ3n) is 10.3. The second-order valence-corrected chi connectivity index (χ2v) is 14.6. The van der Waals surface area contributed by atoms with Crippen LogP contribution in [0.15, 0.2) is 207 Å². The molecule has 0 aliphatic rings. The van der Waals surface area contributed by atoms with Crippen LogP contribution >= 0.6 is 0 Å². The van der Waals surface area contributed by atoms with Crippen LogP contribution in [0.25, 0.3) is 88.9 Å². The minimum Gasteiger partial charge on any atom is -0.435 e. The van der Waals surface area contributed by atoms with Crippen LogP contribution in [-0.4, -0.2) is 19.9 Å². The van der Waals surface area contributed by atoms with E-state index in [4.69, 9.17) is 0 Å². The molecule has 68 heavy (non-hydrogen) atoms. The van der Waals surface area contributed by atoms with Crippen LogP contribution in [0.5, 0.6) is 0 Å². The van der Waals surface area contributed by atoms with Gasteiger partial charge in [0.2, 0.25) is 0 Å². The van der Waals surface area contributed by atoms with Gasteiger partial charge in [0, 0.05) is 35.7 Å². The summed E-state index contributed by atoms with van der Waals surface area (Å²) in [6, 6.07) is 64.1. The van der Waals surface area contributed by atoms with Crippen LogP contribution < -0.4 is 9.97 Å². The number of fused-ring (bicyclic) bond motifs is 6. The maximum atomic E-state index is 13.2. The molecule has 336 valence electrons. The van der Waals surface area contributed by atoms with Gasteiger partial charge in [0.05, 0.1) is 0 Å². The molecule has 0 aliphatic heterocycles. The molecule has 0 radical (unpaired) electrons. The van der Waals surface area contributed by atoms with E-state index >= 15 is 0 Å². The van der Waals surface area contributed by atoms with E-state index in [9.17, 15) is 17.6 Å². The van der Waals surface area contributed by atoms with Gasteiger partial charge < -0.3 is 29.9 Å². The molecule has 0 aliphatic carbocycles. The molecule has 0 atom stereocenters. The van der Waals surface area contributed by atoms with Gasteiger partial charge in [-0.25, -0.2) is 0 Å². The zero-order valence-corrected chi connectivity index (χ0v) is 40.0. The van der Waals surface area contributed by atoms with Crippen molar-refractivity contribution < 1.29 is 59.7 Å². The average molecular weight is 1260 g/mol. The maximum absolute atomic E-state index is 13.2. The molecule has 6 aromatic carbocycles. The number of aromatic nitrogens is 6. The Labute approximate surface area is 417 Å². The van der Waals surface area contributed by atoms with Gasteiger partial charge in [-0.15, -0.1) is 24.3 Å². The van der Waals surface area contributed by atoms with E-state index in [0.29, 0.717) is 11.4 Å². The molecule has 0 unspecified atom stereocenters. The Kier molecular flexibility index (Phi) is 16.3. The summed E-state index contributed by atoms with van der Waals surface area (Å²) in [6.07, 6.45) is 3.10. The molecule has 12 aromatic rings. The predicted molar refractivity (Wildman–Crippen MR) is 253 cm³/mol. The molecule has 12 rings (SSSR count). The predicted octanol–water partition coefficient (Wildman–Crippen LogP) is 13.7. The standard InChI is InChI=1S/2C17H11N2.2C11H6F2N.2Pt/c2*1-2-6-12(7-3-1)15-11-10-14-13-8-4-5-9-16(13)19-17(14)18-15;2*12-8-4-5-9(10(13)7-8)11-3-1-2-6-14-11;;/h2*1-11H;2*1-4,6-7H;;/q4*-1;2*+2. The van der Waals surface area contributed by atoms with Gasteiger partial charge >= 0.3 is 42.1 Å². The number of halogens is 4. The second-order valence-electron chi connectivity index (χ2n) is 14.6. The third kappa shape index (κ3) is 11.4. The molecule has 12 heteroatoms. The molecular formula is C56H34F4N6Pt2. The first kappa shape index (κ1) is 48.5. The average Bonchev–Trinajstić information content (AvgIpc) is 3.93. The summed E-state index contributed by atoms with van der Waals surface area (Å²) < 4.78 is 51.6. The maximum Gasteiger partial charge on any atom is 2.00 e. The Morgan fingerprint density at radius 3 is 1.13 bits per heavy atom. The molecule has 0 amide bonds. The van der Waals surface area contributed by atoms with Gasteiger partial charge in [-0.3, -0.25) is 17.6 Å². The number of rotatable bonds is 4. The molecule has 0 N–H and O–H groups in total. The van der Waals surface area contributed by atoms with E-state index in [0.717, 1.165) is 79.9 Å². The molecule has 6 aromatic heterocycles. The van der Waals surface area contributed by atoms with Gasteiger partial charge in [-0.05, 0) is 78.6 Å². The quantitative estimate of drug-likeness (QED) is 0.129. The Morgan fingerprint density at radius 1 is 0.368 bits per heavy atom. The van der Waals surface area contributed by atoms with E-state index in [1.54, 1.807) is 48.8 Å². The summed E-state index contributed by atoms with van der Waals surface area (Å²) in [5.41, 5.74) is 9.12. The van der Waals surface area contributed by atoms with E-state index in [1.165, 1.54) is 10.8 Å². The minimum atomic E-state index is -0.649. The van der Waals surface area contributed by atoms with Crippen LogP contribution in [0.3, 0.4) is 0 Å². The minimum absolute atomic E-state index is 0. The van der Waals surface area contributed by atoms with Crippen LogP contribution in [0.2, 0.25) is 0 Å². The first-order valence-corrected chi connectivity index (χ1v) is 20.7. The van der Waals surface area contributed by atoms with Crippen molar-refractivity contribution in [3.8, 4) is 45.0 Å². The molecule has 0 saturated heterocycles. The van der Waals surface area contributed by atoms with E-state index < -0.39 is 23.3 Å². The molecule has 0 bridgehead atoms. The zero-order chi connectivity index (χ0) is 45.2. The van der Waals surface area contributed by atoms with Crippen molar-refractivity contribution in [1.29, 1.82) is 0 Å². The second kappa shape index (κ2) is 22.9. The van der Waals surface area contributed by atoms with Crippen molar-refractivity contribution in [3.05, 3.63) is 242 Å². The van der Waals surface area contributed by atoms with E-state index in [2.05, 4.69) is 103 Å². The van der Waals surface area contributed by atoms with Crippen molar-refractivity contribution >= 4 is 43.9 Å². The normalized spacial score (nSPS) is 10.4.